The number of likely N-dealkylation sites (N-methyl/N-ethyl adjacent to an activating group) is 1. The van der Waals surface area contributed by atoms with E-state index in [1.165, 1.54) is 0 Å². The molecule has 4 nitrogen and oxygen atoms in total. The molecule has 1 heterocycles. The van der Waals surface area contributed by atoms with Crippen LogP contribution >= 0.6 is 0 Å². The molecule has 2 aromatic rings. The van der Waals surface area contributed by atoms with E-state index in [2.05, 4.69) is 5.32 Å². The zero-order chi connectivity index (χ0) is 13.1. The third-order valence-electron chi connectivity index (χ3n) is 2.99. The van der Waals surface area contributed by atoms with E-state index in [1.54, 1.807) is 0 Å². The lowest BCUT2D eigenvalue weighted by Gasteiger charge is -2.09. The molecule has 2 rings (SSSR count). The predicted octanol–water partition coefficient (Wildman–Crippen LogP) is 1.47. The van der Waals surface area contributed by atoms with E-state index in [4.69, 9.17) is 0 Å². The van der Waals surface area contributed by atoms with Gasteiger partial charge in [-0.05, 0) is 20.2 Å². The van der Waals surface area contributed by atoms with Crippen molar-refractivity contribution in [2.75, 3.05) is 27.2 Å². The second kappa shape index (κ2) is 5.23. The Kier molecular flexibility index (Phi) is 3.67. The highest BCUT2D eigenvalue weighted by Gasteiger charge is 2.12. The van der Waals surface area contributed by atoms with Crippen LogP contribution in [0.5, 0.6) is 0 Å². The Bertz CT molecular complexity index is 557. The van der Waals surface area contributed by atoms with Crippen molar-refractivity contribution in [2.45, 2.75) is 0 Å². The van der Waals surface area contributed by atoms with Gasteiger partial charge in [0.1, 0.15) is 0 Å². The molecule has 0 radical (unpaired) electrons. The summed E-state index contributed by atoms with van der Waals surface area (Å²) in [6.07, 6.45) is 1.88. The number of para-hydroxylation sites is 1. The summed E-state index contributed by atoms with van der Waals surface area (Å²) in [7, 11) is 5.94. The molecular formula is C14H19N3O. The zero-order valence-corrected chi connectivity index (χ0v) is 11.1. The first-order chi connectivity index (χ1) is 8.59. The first-order valence-electron chi connectivity index (χ1n) is 6.06. The molecule has 0 bridgehead atoms. The maximum absolute atomic E-state index is 12.1. The number of fused-ring (bicyclic) bond motifs is 1. The highest BCUT2D eigenvalue weighted by molar-refractivity contribution is 6.06. The largest absolute Gasteiger partial charge is 0.351 e. The molecule has 0 saturated carbocycles. The molecule has 1 amide bonds. The molecule has 0 aliphatic heterocycles. The number of aromatic nitrogens is 1. The molecule has 0 aliphatic carbocycles. The molecule has 96 valence electrons. The zero-order valence-electron chi connectivity index (χ0n) is 11.1. The van der Waals surface area contributed by atoms with Gasteiger partial charge in [-0.3, -0.25) is 4.79 Å². The summed E-state index contributed by atoms with van der Waals surface area (Å²) in [6.45, 7) is 1.51. The van der Waals surface area contributed by atoms with Crippen molar-refractivity contribution in [3.05, 3.63) is 36.0 Å². The second-order valence-electron chi connectivity index (χ2n) is 4.73. The molecule has 1 N–H and O–H groups in total. The number of amides is 1. The van der Waals surface area contributed by atoms with Gasteiger partial charge in [0, 0.05) is 37.2 Å². The SMILES string of the molecule is CN(C)CCNC(=O)c1cn(C)c2ccccc12. The van der Waals surface area contributed by atoms with E-state index < -0.39 is 0 Å². The van der Waals surface area contributed by atoms with Crippen molar-refractivity contribution in [3.63, 3.8) is 0 Å². The highest BCUT2D eigenvalue weighted by atomic mass is 16.1. The maximum atomic E-state index is 12.1. The number of nitrogens with one attached hydrogen (secondary N) is 1. The number of aryl methyl sites for hydroxylation is 1. The van der Waals surface area contributed by atoms with Crippen LogP contribution in [0.25, 0.3) is 10.9 Å². The standard InChI is InChI=1S/C14H19N3O/c1-16(2)9-8-15-14(18)12-10-17(3)13-7-5-4-6-11(12)13/h4-7,10H,8-9H2,1-3H3,(H,15,18). The monoisotopic (exact) mass is 245 g/mol. The van der Waals surface area contributed by atoms with Crippen molar-refractivity contribution in [1.29, 1.82) is 0 Å². The average molecular weight is 245 g/mol. The van der Waals surface area contributed by atoms with Gasteiger partial charge < -0.3 is 14.8 Å². The summed E-state index contributed by atoms with van der Waals surface area (Å²) in [4.78, 5) is 14.2. The number of nitrogens with zero attached hydrogens (tertiary/aromatic N) is 2. The van der Waals surface area contributed by atoms with Gasteiger partial charge >= 0.3 is 0 Å². The van der Waals surface area contributed by atoms with E-state index >= 15 is 0 Å². The average Bonchev–Trinajstić information content (AvgIpc) is 2.67. The summed E-state index contributed by atoms with van der Waals surface area (Å²) >= 11 is 0. The molecule has 18 heavy (non-hydrogen) atoms. The van der Waals surface area contributed by atoms with Gasteiger partial charge in [-0.25, -0.2) is 0 Å². The number of rotatable bonds is 4. The van der Waals surface area contributed by atoms with Crippen LogP contribution in [0.15, 0.2) is 30.5 Å². The maximum Gasteiger partial charge on any atom is 0.253 e. The van der Waals surface area contributed by atoms with Gasteiger partial charge in [0.2, 0.25) is 0 Å². The number of carbonyl (C=O) groups excluding carboxylic acids is 1. The van der Waals surface area contributed by atoms with Crippen LogP contribution in [-0.2, 0) is 7.05 Å². The fourth-order valence-corrected chi connectivity index (χ4v) is 2.01. The Morgan fingerprint density at radius 2 is 2.06 bits per heavy atom. The van der Waals surface area contributed by atoms with Crippen LogP contribution in [0.1, 0.15) is 10.4 Å². The highest BCUT2D eigenvalue weighted by Crippen LogP contribution is 2.19. The molecule has 0 atom stereocenters. The van der Waals surface area contributed by atoms with Gasteiger partial charge in [-0.15, -0.1) is 0 Å². The van der Waals surface area contributed by atoms with Crippen LogP contribution < -0.4 is 5.32 Å². The fourth-order valence-electron chi connectivity index (χ4n) is 2.01. The van der Waals surface area contributed by atoms with Crippen LogP contribution in [0, 0.1) is 0 Å². The molecule has 0 saturated heterocycles. The van der Waals surface area contributed by atoms with Crippen LogP contribution in [0.3, 0.4) is 0 Å². The third-order valence-corrected chi connectivity index (χ3v) is 2.99. The van der Waals surface area contributed by atoms with Crippen LogP contribution in [-0.4, -0.2) is 42.6 Å². The molecule has 0 aliphatic rings. The van der Waals surface area contributed by atoms with Gasteiger partial charge in [0.25, 0.3) is 5.91 Å². The number of hydrogen-bond acceptors (Lipinski definition) is 2. The van der Waals surface area contributed by atoms with Crippen molar-refractivity contribution in [3.8, 4) is 0 Å². The quantitative estimate of drug-likeness (QED) is 0.885. The van der Waals surface area contributed by atoms with Crippen LogP contribution in [0.2, 0.25) is 0 Å². The van der Waals surface area contributed by atoms with Gasteiger partial charge in [-0.2, -0.15) is 0 Å². The Morgan fingerprint density at radius 1 is 1.33 bits per heavy atom. The van der Waals surface area contributed by atoms with Crippen molar-refractivity contribution >= 4 is 16.8 Å². The minimum absolute atomic E-state index is 0.00588. The van der Waals surface area contributed by atoms with Crippen molar-refractivity contribution in [1.82, 2.24) is 14.8 Å². The minimum Gasteiger partial charge on any atom is -0.351 e. The Balaban J connectivity index is 2.18. The van der Waals surface area contributed by atoms with Crippen molar-refractivity contribution < 1.29 is 4.79 Å². The van der Waals surface area contributed by atoms with Gasteiger partial charge in [-0.1, -0.05) is 18.2 Å². The molecule has 0 spiro atoms. The predicted molar refractivity (Wildman–Crippen MR) is 73.8 cm³/mol. The lowest BCUT2D eigenvalue weighted by Crippen LogP contribution is -2.31. The number of carbonyl (C=O) groups is 1. The summed E-state index contributed by atoms with van der Waals surface area (Å²) in [5.74, 6) is -0.00588. The van der Waals surface area contributed by atoms with E-state index in [0.29, 0.717) is 6.54 Å². The smallest absolute Gasteiger partial charge is 0.253 e. The summed E-state index contributed by atoms with van der Waals surface area (Å²) < 4.78 is 1.98. The topological polar surface area (TPSA) is 37.3 Å². The summed E-state index contributed by atoms with van der Waals surface area (Å²) in [6, 6.07) is 7.94. The molecule has 1 aromatic heterocycles. The van der Waals surface area contributed by atoms with Crippen molar-refractivity contribution in [2.24, 2.45) is 7.05 Å². The van der Waals surface area contributed by atoms with E-state index in [1.807, 2.05) is 61.1 Å². The second-order valence-corrected chi connectivity index (χ2v) is 4.73. The molecule has 1 aromatic carbocycles. The summed E-state index contributed by atoms with van der Waals surface area (Å²) in [5.41, 5.74) is 1.82. The molecular weight excluding hydrogens is 226 g/mol. The number of hydrogen-bond donors (Lipinski definition) is 1. The Hall–Kier alpha value is -1.81. The van der Waals surface area contributed by atoms with Gasteiger partial charge in [0.05, 0.1) is 5.56 Å². The molecule has 0 fully saturated rings. The third kappa shape index (κ3) is 2.54. The van der Waals surface area contributed by atoms with E-state index in [0.717, 1.165) is 23.0 Å². The van der Waals surface area contributed by atoms with E-state index in [9.17, 15) is 4.79 Å². The molecule has 0 unspecified atom stereocenters. The summed E-state index contributed by atoms with van der Waals surface area (Å²) in [5, 5.41) is 3.94. The Morgan fingerprint density at radius 3 is 2.78 bits per heavy atom. The first-order valence-corrected chi connectivity index (χ1v) is 6.06. The Labute approximate surface area is 107 Å². The van der Waals surface area contributed by atoms with Gasteiger partial charge in [0.15, 0.2) is 0 Å². The number of benzene rings is 1. The lowest BCUT2D eigenvalue weighted by molar-refractivity contribution is 0.0952. The first kappa shape index (κ1) is 12.6. The van der Waals surface area contributed by atoms with Crippen LogP contribution in [0.4, 0.5) is 0 Å². The normalized spacial score (nSPS) is 11.1. The molecule has 4 heteroatoms. The lowest BCUT2D eigenvalue weighted by atomic mass is 10.1. The van der Waals surface area contributed by atoms with E-state index in [-0.39, 0.29) is 5.91 Å². The fraction of sp³-hybridized carbons (Fsp3) is 0.357. The minimum atomic E-state index is -0.00588.